The molecule has 3 rings (SSSR count). The fourth-order valence-electron chi connectivity index (χ4n) is 3.66. The van der Waals surface area contributed by atoms with Crippen LogP contribution in [0.3, 0.4) is 0 Å². The number of nitrogens with zero attached hydrogens (tertiary/aromatic N) is 2. The molecule has 2 N–H and O–H groups in total. The van der Waals surface area contributed by atoms with Crippen LogP contribution >= 0.6 is 11.8 Å². The van der Waals surface area contributed by atoms with Gasteiger partial charge in [-0.3, -0.25) is 9.69 Å². The fourth-order valence-corrected chi connectivity index (χ4v) is 5.39. The number of carbonyl (C=O) groups excluding carboxylic acids is 1. The number of carbonyl (C=O) groups is 1. The molecule has 1 fully saturated rings. The van der Waals surface area contributed by atoms with Gasteiger partial charge in [0.1, 0.15) is 6.04 Å². The van der Waals surface area contributed by atoms with E-state index in [9.17, 15) is 13.2 Å². The zero-order valence-corrected chi connectivity index (χ0v) is 20.1. The van der Waals surface area contributed by atoms with E-state index >= 15 is 0 Å². The topological polar surface area (TPSA) is 81.7 Å². The minimum atomic E-state index is -3.75. The Balaban J connectivity index is 1.47. The highest BCUT2D eigenvalue weighted by atomic mass is 32.2. The molecular formula is C23H32N4O3S2. The van der Waals surface area contributed by atoms with E-state index in [1.54, 1.807) is 30.0 Å². The molecule has 0 aliphatic carbocycles. The molecule has 1 unspecified atom stereocenters. The van der Waals surface area contributed by atoms with E-state index in [1.807, 2.05) is 12.3 Å². The zero-order chi connectivity index (χ0) is 22.8. The van der Waals surface area contributed by atoms with Crippen LogP contribution in [0.15, 0.2) is 65.6 Å². The molecule has 1 amide bonds. The van der Waals surface area contributed by atoms with Crippen molar-refractivity contribution in [3.63, 3.8) is 0 Å². The maximum absolute atomic E-state index is 12.8. The Morgan fingerprint density at radius 1 is 1.00 bits per heavy atom. The summed E-state index contributed by atoms with van der Waals surface area (Å²) >= 11 is 1.59. The molecule has 0 saturated carbocycles. The van der Waals surface area contributed by atoms with E-state index in [4.69, 9.17) is 0 Å². The molecule has 0 spiro atoms. The van der Waals surface area contributed by atoms with Gasteiger partial charge < -0.3 is 10.2 Å². The van der Waals surface area contributed by atoms with Gasteiger partial charge in [0.15, 0.2) is 0 Å². The van der Waals surface area contributed by atoms with Gasteiger partial charge in [-0.1, -0.05) is 36.4 Å². The highest BCUT2D eigenvalue weighted by Gasteiger charge is 2.25. The maximum Gasteiger partial charge on any atom is 0.241 e. The van der Waals surface area contributed by atoms with Crippen molar-refractivity contribution in [2.75, 3.05) is 56.2 Å². The summed E-state index contributed by atoms with van der Waals surface area (Å²) in [6.07, 6.45) is 2.38. The third-order valence-corrected chi connectivity index (χ3v) is 7.63. The highest BCUT2D eigenvalue weighted by molar-refractivity contribution is 7.98. The first kappa shape index (κ1) is 24.6. The first-order chi connectivity index (χ1) is 15.5. The molecule has 1 atom stereocenters. The van der Waals surface area contributed by atoms with Crippen LogP contribution in [0.4, 0.5) is 5.69 Å². The minimum absolute atomic E-state index is 0.165. The molecule has 2 aromatic carbocycles. The summed E-state index contributed by atoms with van der Waals surface area (Å²) in [5.74, 6) is 0.415. The van der Waals surface area contributed by atoms with Crippen LogP contribution in [-0.4, -0.2) is 76.5 Å². The number of para-hydroxylation sites is 1. The fraction of sp³-hybridized carbons (Fsp3) is 0.435. The lowest BCUT2D eigenvalue weighted by Crippen LogP contribution is -2.51. The Hall–Kier alpha value is -2.07. The molecule has 0 radical (unpaired) electrons. The Morgan fingerprint density at radius 2 is 1.62 bits per heavy atom. The van der Waals surface area contributed by atoms with Crippen LogP contribution in [0.1, 0.15) is 6.42 Å². The Morgan fingerprint density at radius 3 is 2.25 bits per heavy atom. The van der Waals surface area contributed by atoms with Gasteiger partial charge in [0.05, 0.1) is 4.90 Å². The van der Waals surface area contributed by atoms with Crippen LogP contribution < -0.4 is 14.9 Å². The van der Waals surface area contributed by atoms with E-state index in [0.29, 0.717) is 18.7 Å². The largest absolute Gasteiger partial charge is 0.369 e. The predicted molar refractivity (Wildman–Crippen MR) is 132 cm³/mol. The molecule has 1 heterocycles. The number of thioether (sulfide) groups is 1. The van der Waals surface area contributed by atoms with Crippen LogP contribution in [-0.2, 0) is 14.8 Å². The lowest BCUT2D eigenvalue weighted by molar-refractivity contribution is -0.122. The van der Waals surface area contributed by atoms with Crippen LogP contribution in [0.2, 0.25) is 0 Å². The first-order valence-electron chi connectivity index (χ1n) is 10.9. The van der Waals surface area contributed by atoms with Crippen molar-refractivity contribution in [3.05, 3.63) is 60.7 Å². The van der Waals surface area contributed by atoms with Gasteiger partial charge in [-0.25, -0.2) is 8.42 Å². The maximum atomic E-state index is 12.8. The Bertz CT molecular complexity index is 934. The van der Waals surface area contributed by atoms with Gasteiger partial charge in [0.2, 0.25) is 15.9 Å². The molecule has 174 valence electrons. The number of benzene rings is 2. The van der Waals surface area contributed by atoms with Gasteiger partial charge in [-0.05, 0) is 42.7 Å². The summed E-state index contributed by atoms with van der Waals surface area (Å²) in [6.45, 7) is 5.00. The first-order valence-corrected chi connectivity index (χ1v) is 13.7. The van der Waals surface area contributed by atoms with Gasteiger partial charge in [-0.2, -0.15) is 16.5 Å². The molecular weight excluding hydrogens is 444 g/mol. The zero-order valence-electron chi connectivity index (χ0n) is 18.4. The summed E-state index contributed by atoms with van der Waals surface area (Å²) in [5.41, 5.74) is 1.24. The SMILES string of the molecule is CSCCC(NS(=O)(=O)c1ccccc1)C(=O)NCCN1CCN(c2ccccc2)CC1. The average Bonchev–Trinajstić information content (AvgIpc) is 2.83. The smallest absolute Gasteiger partial charge is 0.241 e. The summed E-state index contributed by atoms with van der Waals surface area (Å²) in [6, 6.07) is 17.7. The Labute approximate surface area is 195 Å². The number of hydrogen-bond donors (Lipinski definition) is 2. The number of anilines is 1. The van der Waals surface area contributed by atoms with Crippen LogP contribution in [0.25, 0.3) is 0 Å². The van der Waals surface area contributed by atoms with E-state index < -0.39 is 16.1 Å². The molecule has 0 aromatic heterocycles. The normalized spacial score (nSPS) is 16.0. The molecule has 9 heteroatoms. The third kappa shape index (κ3) is 7.23. The molecule has 0 bridgehead atoms. The minimum Gasteiger partial charge on any atom is -0.369 e. The predicted octanol–water partition coefficient (Wildman–Crippen LogP) is 2.03. The third-order valence-electron chi connectivity index (χ3n) is 5.50. The number of hydrogen-bond acceptors (Lipinski definition) is 6. The lowest BCUT2D eigenvalue weighted by Gasteiger charge is -2.36. The van der Waals surface area contributed by atoms with Gasteiger partial charge >= 0.3 is 0 Å². The van der Waals surface area contributed by atoms with Crippen LogP contribution in [0.5, 0.6) is 0 Å². The van der Waals surface area contributed by atoms with Gasteiger partial charge in [0.25, 0.3) is 0 Å². The number of amides is 1. The molecule has 2 aromatic rings. The molecule has 1 aliphatic heterocycles. The summed E-state index contributed by atoms with van der Waals surface area (Å²) in [4.78, 5) is 17.6. The second-order valence-corrected chi connectivity index (χ2v) is 10.4. The van der Waals surface area contributed by atoms with Crippen molar-refractivity contribution < 1.29 is 13.2 Å². The van der Waals surface area contributed by atoms with Crippen molar-refractivity contribution >= 4 is 33.4 Å². The highest BCUT2D eigenvalue weighted by Crippen LogP contribution is 2.15. The van der Waals surface area contributed by atoms with Crippen molar-refractivity contribution in [3.8, 4) is 0 Å². The second-order valence-electron chi connectivity index (χ2n) is 7.72. The van der Waals surface area contributed by atoms with E-state index in [-0.39, 0.29) is 10.8 Å². The summed E-state index contributed by atoms with van der Waals surface area (Å²) in [5, 5.41) is 2.93. The number of nitrogens with one attached hydrogen (secondary N) is 2. The van der Waals surface area contributed by atoms with E-state index in [1.165, 1.54) is 17.8 Å². The van der Waals surface area contributed by atoms with Crippen molar-refractivity contribution in [1.29, 1.82) is 0 Å². The summed E-state index contributed by atoms with van der Waals surface area (Å²) < 4.78 is 27.9. The summed E-state index contributed by atoms with van der Waals surface area (Å²) in [7, 11) is -3.75. The molecule has 32 heavy (non-hydrogen) atoms. The van der Waals surface area contributed by atoms with E-state index in [0.717, 1.165) is 32.7 Å². The standard InChI is InChI=1S/C23H32N4O3S2/c1-31-19-12-22(25-32(29,30)21-10-6-3-7-11-21)23(28)24-13-14-26-15-17-27(18-16-26)20-8-4-2-5-9-20/h2-11,22,25H,12-19H2,1H3,(H,24,28). The number of sulfonamides is 1. The van der Waals surface area contributed by atoms with Crippen LogP contribution in [0, 0.1) is 0 Å². The van der Waals surface area contributed by atoms with Gasteiger partial charge in [0, 0.05) is 45.0 Å². The number of rotatable bonds is 11. The lowest BCUT2D eigenvalue weighted by atomic mass is 10.2. The molecule has 1 aliphatic rings. The van der Waals surface area contributed by atoms with E-state index in [2.05, 4.69) is 44.1 Å². The van der Waals surface area contributed by atoms with Crippen molar-refractivity contribution in [2.24, 2.45) is 0 Å². The van der Waals surface area contributed by atoms with Crippen molar-refractivity contribution in [2.45, 2.75) is 17.4 Å². The number of piperazine rings is 1. The van der Waals surface area contributed by atoms with Gasteiger partial charge in [-0.15, -0.1) is 0 Å². The molecule has 7 nitrogen and oxygen atoms in total. The Kier molecular flexibility index (Phi) is 9.40. The second kappa shape index (κ2) is 12.2. The van der Waals surface area contributed by atoms with Crippen molar-refractivity contribution in [1.82, 2.24) is 14.9 Å². The average molecular weight is 477 g/mol. The molecule has 1 saturated heterocycles. The quantitative estimate of drug-likeness (QED) is 0.517. The monoisotopic (exact) mass is 476 g/mol.